The number of aliphatic hydroxyl groups is 2. The molecule has 0 rings (SSSR count). The van der Waals surface area contributed by atoms with Crippen LogP contribution < -0.4 is 5.32 Å². The molecule has 3 N–H and O–H groups in total. The summed E-state index contributed by atoms with van der Waals surface area (Å²) in [6, 6.07) is -1.65. The highest BCUT2D eigenvalue weighted by Crippen LogP contribution is 2.00. The molecule has 0 fully saturated rings. The summed E-state index contributed by atoms with van der Waals surface area (Å²) < 4.78 is 23.7. The van der Waals surface area contributed by atoms with E-state index in [1.807, 2.05) is 0 Å². The zero-order valence-electron chi connectivity index (χ0n) is 6.30. The lowest BCUT2D eigenvalue weighted by atomic mass is 10.2. The molecule has 1 atom stereocenters. The Morgan fingerprint density at radius 2 is 1.73 bits per heavy atom. The number of nitrogens with one attached hydrogen (secondary N) is 1. The summed E-state index contributed by atoms with van der Waals surface area (Å²) in [5, 5.41) is 19.3. The van der Waals surface area contributed by atoms with Crippen LogP contribution in [0.4, 0.5) is 8.78 Å². The topological polar surface area (TPSA) is 52.5 Å². The Hall–Kier alpha value is -0.260. The maximum Gasteiger partial charge on any atom is 0.253 e. The molecular weight excluding hydrogens is 156 g/mol. The number of hydrogen-bond acceptors (Lipinski definition) is 3. The summed E-state index contributed by atoms with van der Waals surface area (Å²) in [7, 11) is 0. The van der Waals surface area contributed by atoms with E-state index in [1.165, 1.54) is 6.92 Å². The lowest BCUT2D eigenvalue weighted by Gasteiger charge is -2.18. The van der Waals surface area contributed by atoms with E-state index in [0.29, 0.717) is 0 Å². The molecule has 68 valence electrons. The number of hydrogen-bond donors (Lipinski definition) is 3. The predicted molar refractivity (Wildman–Crippen MR) is 36.6 cm³/mol. The molecule has 0 heterocycles. The van der Waals surface area contributed by atoms with Gasteiger partial charge in [0.25, 0.3) is 6.43 Å². The van der Waals surface area contributed by atoms with Crippen LogP contribution >= 0.6 is 0 Å². The van der Waals surface area contributed by atoms with Crippen molar-refractivity contribution in [2.24, 2.45) is 0 Å². The molecule has 0 aliphatic rings. The fourth-order valence-electron chi connectivity index (χ4n) is 0.608. The van der Waals surface area contributed by atoms with Gasteiger partial charge >= 0.3 is 0 Å². The van der Waals surface area contributed by atoms with Gasteiger partial charge in [-0.3, -0.25) is 0 Å². The minimum Gasteiger partial charge on any atom is -0.395 e. The minimum absolute atomic E-state index is 0.340. The van der Waals surface area contributed by atoms with Gasteiger partial charge in [-0.2, -0.15) is 0 Å². The first-order valence-electron chi connectivity index (χ1n) is 3.37. The molecule has 0 saturated heterocycles. The lowest BCUT2D eigenvalue weighted by molar-refractivity contribution is 0.0814. The second-order valence-electron chi connectivity index (χ2n) is 2.35. The van der Waals surface area contributed by atoms with Crippen molar-refractivity contribution in [3.05, 3.63) is 0 Å². The van der Waals surface area contributed by atoms with Gasteiger partial charge in [-0.15, -0.1) is 0 Å². The summed E-state index contributed by atoms with van der Waals surface area (Å²) in [5.74, 6) is 0. The van der Waals surface area contributed by atoms with Crippen LogP contribution in [-0.4, -0.2) is 41.9 Å². The molecule has 0 aliphatic heterocycles. The van der Waals surface area contributed by atoms with Crippen LogP contribution in [0.5, 0.6) is 0 Å². The first-order valence-corrected chi connectivity index (χ1v) is 3.37. The smallest absolute Gasteiger partial charge is 0.253 e. The molecule has 5 heteroatoms. The fraction of sp³-hybridized carbons (Fsp3) is 1.00. The van der Waals surface area contributed by atoms with Crippen LogP contribution in [-0.2, 0) is 0 Å². The number of alkyl halides is 2. The summed E-state index contributed by atoms with van der Waals surface area (Å²) >= 11 is 0. The summed E-state index contributed by atoms with van der Waals surface area (Å²) in [6.07, 6.45) is -2.48. The summed E-state index contributed by atoms with van der Waals surface area (Å²) in [4.78, 5) is 0. The van der Waals surface area contributed by atoms with Gasteiger partial charge < -0.3 is 15.5 Å². The van der Waals surface area contributed by atoms with Crippen molar-refractivity contribution in [3.63, 3.8) is 0 Å². The van der Waals surface area contributed by atoms with Gasteiger partial charge in [-0.25, -0.2) is 8.78 Å². The first-order chi connectivity index (χ1) is 5.11. The zero-order chi connectivity index (χ0) is 8.85. The van der Waals surface area contributed by atoms with Gasteiger partial charge in [-0.05, 0) is 6.92 Å². The van der Waals surface area contributed by atoms with Crippen molar-refractivity contribution in [1.82, 2.24) is 5.32 Å². The van der Waals surface area contributed by atoms with Gasteiger partial charge in [0, 0.05) is 0 Å². The number of halogens is 2. The van der Waals surface area contributed by atoms with Gasteiger partial charge in [0.1, 0.15) is 0 Å². The monoisotopic (exact) mass is 169 g/mol. The molecule has 0 saturated carbocycles. The van der Waals surface area contributed by atoms with Gasteiger partial charge in [0.05, 0.1) is 25.3 Å². The average Bonchev–Trinajstić information content (AvgIpc) is 1.99. The fourth-order valence-corrected chi connectivity index (χ4v) is 0.608. The van der Waals surface area contributed by atoms with E-state index in [2.05, 4.69) is 5.32 Å². The van der Waals surface area contributed by atoms with Crippen LogP contribution in [0.25, 0.3) is 0 Å². The van der Waals surface area contributed by atoms with Crippen molar-refractivity contribution in [2.75, 3.05) is 13.2 Å². The van der Waals surface area contributed by atoms with E-state index in [1.54, 1.807) is 0 Å². The second-order valence-corrected chi connectivity index (χ2v) is 2.35. The van der Waals surface area contributed by atoms with Crippen LogP contribution in [0, 0.1) is 0 Å². The molecule has 0 aromatic carbocycles. The third kappa shape index (κ3) is 4.23. The Kier molecular flexibility index (Phi) is 5.27. The average molecular weight is 169 g/mol. The van der Waals surface area contributed by atoms with Crippen LogP contribution in [0.2, 0.25) is 0 Å². The third-order valence-corrected chi connectivity index (χ3v) is 1.32. The maximum atomic E-state index is 11.8. The van der Waals surface area contributed by atoms with E-state index < -0.39 is 18.5 Å². The molecule has 11 heavy (non-hydrogen) atoms. The molecule has 0 bridgehead atoms. The van der Waals surface area contributed by atoms with Crippen molar-refractivity contribution in [1.29, 1.82) is 0 Å². The van der Waals surface area contributed by atoms with E-state index in [0.717, 1.165) is 0 Å². The predicted octanol–water partition coefficient (Wildman–Crippen LogP) is -0.417. The SMILES string of the molecule is CC(NC(CO)CO)C(F)F. The first kappa shape index (κ1) is 10.7. The Morgan fingerprint density at radius 1 is 1.27 bits per heavy atom. The van der Waals surface area contributed by atoms with Crippen LogP contribution in [0.15, 0.2) is 0 Å². The van der Waals surface area contributed by atoms with Crippen molar-refractivity contribution in [2.45, 2.75) is 25.4 Å². The van der Waals surface area contributed by atoms with Crippen molar-refractivity contribution >= 4 is 0 Å². The highest BCUT2D eigenvalue weighted by molar-refractivity contribution is 4.70. The van der Waals surface area contributed by atoms with E-state index in [4.69, 9.17) is 10.2 Å². The van der Waals surface area contributed by atoms with Crippen LogP contribution in [0.3, 0.4) is 0 Å². The van der Waals surface area contributed by atoms with Gasteiger partial charge in [0.15, 0.2) is 0 Å². The molecule has 3 nitrogen and oxygen atoms in total. The van der Waals surface area contributed by atoms with E-state index >= 15 is 0 Å². The molecule has 0 aromatic rings. The Bertz CT molecular complexity index is 98.6. The highest BCUT2D eigenvalue weighted by atomic mass is 19.3. The van der Waals surface area contributed by atoms with Crippen molar-refractivity contribution in [3.8, 4) is 0 Å². The lowest BCUT2D eigenvalue weighted by Crippen LogP contribution is -2.44. The minimum atomic E-state index is -2.48. The maximum absolute atomic E-state index is 11.8. The highest BCUT2D eigenvalue weighted by Gasteiger charge is 2.17. The Morgan fingerprint density at radius 3 is 2.00 bits per heavy atom. The normalized spacial score (nSPS) is 14.5. The largest absolute Gasteiger partial charge is 0.395 e. The molecule has 1 unspecified atom stereocenters. The zero-order valence-corrected chi connectivity index (χ0v) is 6.30. The van der Waals surface area contributed by atoms with E-state index in [9.17, 15) is 8.78 Å². The molecule has 0 spiro atoms. The molecule has 0 aromatic heterocycles. The van der Waals surface area contributed by atoms with Crippen molar-refractivity contribution < 1.29 is 19.0 Å². The Labute approximate surface area is 64.0 Å². The molecule has 0 amide bonds. The van der Waals surface area contributed by atoms with E-state index in [-0.39, 0.29) is 13.2 Å². The standard InChI is InChI=1S/C6H13F2NO2/c1-4(6(7)8)9-5(2-10)3-11/h4-6,9-11H,2-3H2,1H3. The van der Waals surface area contributed by atoms with Crippen LogP contribution in [0.1, 0.15) is 6.92 Å². The second kappa shape index (κ2) is 5.40. The molecular formula is C6H13F2NO2. The quantitative estimate of drug-likeness (QED) is 0.524. The third-order valence-electron chi connectivity index (χ3n) is 1.32. The summed E-state index contributed by atoms with van der Waals surface area (Å²) in [5.41, 5.74) is 0. The summed E-state index contributed by atoms with van der Waals surface area (Å²) in [6.45, 7) is 0.615. The number of aliphatic hydroxyl groups excluding tert-OH is 2. The molecule has 0 radical (unpaired) electrons. The molecule has 0 aliphatic carbocycles. The van der Waals surface area contributed by atoms with Gasteiger partial charge in [0.2, 0.25) is 0 Å². The Balaban J connectivity index is 3.62. The van der Waals surface area contributed by atoms with Gasteiger partial charge in [-0.1, -0.05) is 0 Å². The number of rotatable bonds is 5.